The molecule has 1 atom stereocenters. The van der Waals surface area contributed by atoms with E-state index in [-0.39, 0.29) is 23.7 Å². The van der Waals surface area contributed by atoms with Crippen LogP contribution in [0.5, 0.6) is 0 Å². The van der Waals surface area contributed by atoms with E-state index in [1.807, 2.05) is 34.9 Å². The van der Waals surface area contributed by atoms with Gasteiger partial charge in [0.1, 0.15) is 0 Å². The molecule has 2 heterocycles. The fourth-order valence-corrected chi connectivity index (χ4v) is 4.33. The third-order valence-corrected chi connectivity index (χ3v) is 6.31. The van der Waals surface area contributed by atoms with E-state index in [0.29, 0.717) is 32.6 Å². The van der Waals surface area contributed by atoms with Gasteiger partial charge in [0.05, 0.1) is 5.92 Å². The van der Waals surface area contributed by atoms with E-state index in [9.17, 15) is 9.59 Å². The van der Waals surface area contributed by atoms with Gasteiger partial charge in [0.2, 0.25) is 11.8 Å². The van der Waals surface area contributed by atoms with Crippen LogP contribution in [-0.4, -0.2) is 52.8 Å². The topological polar surface area (TPSA) is 53.5 Å². The molecule has 2 fully saturated rings. The predicted molar refractivity (Wildman–Crippen MR) is 113 cm³/mol. The summed E-state index contributed by atoms with van der Waals surface area (Å²) in [6.45, 7) is 4.54. The lowest BCUT2D eigenvalue weighted by Crippen LogP contribution is -2.42. The molecule has 1 aromatic heterocycles. The molecule has 152 valence electrons. The van der Waals surface area contributed by atoms with E-state index in [4.69, 9.17) is 0 Å². The lowest BCUT2D eigenvalue weighted by Gasteiger charge is -2.31. The van der Waals surface area contributed by atoms with E-state index < -0.39 is 0 Å². The Bertz CT molecular complexity index is 863. The number of hydrogen-bond donors (Lipinski definition) is 0. The van der Waals surface area contributed by atoms with Crippen LogP contribution in [0.3, 0.4) is 0 Å². The van der Waals surface area contributed by atoms with Crippen LogP contribution in [0, 0.1) is 11.8 Å². The highest BCUT2D eigenvalue weighted by Crippen LogP contribution is 2.30. The van der Waals surface area contributed by atoms with Crippen LogP contribution in [-0.2, 0) is 16.0 Å². The maximum absolute atomic E-state index is 13.1. The summed E-state index contributed by atoms with van der Waals surface area (Å²) in [4.78, 5) is 33.9. The van der Waals surface area contributed by atoms with Crippen LogP contribution >= 0.6 is 0 Å². The molecule has 1 saturated carbocycles. The third-order valence-electron chi connectivity index (χ3n) is 6.31. The van der Waals surface area contributed by atoms with E-state index in [0.717, 1.165) is 36.0 Å². The van der Waals surface area contributed by atoms with Gasteiger partial charge in [-0.05, 0) is 55.0 Å². The fourth-order valence-electron chi connectivity index (χ4n) is 4.33. The van der Waals surface area contributed by atoms with Gasteiger partial charge < -0.3 is 9.80 Å². The minimum atomic E-state index is -0.186. The number of nitrogens with zero attached hydrogens (tertiary/aromatic N) is 3. The van der Waals surface area contributed by atoms with E-state index in [1.165, 1.54) is 0 Å². The number of rotatable bonds is 5. The first-order valence-electron chi connectivity index (χ1n) is 10.7. The first kappa shape index (κ1) is 19.6. The number of benzene rings is 1. The van der Waals surface area contributed by atoms with Crippen molar-refractivity contribution in [3.8, 4) is 11.1 Å². The zero-order valence-corrected chi connectivity index (χ0v) is 17.1. The van der Waals surface area contributed by atoms with Crippen molar-refractivity contribution in [3.63, 3.8) is 0 Å². The second kappa shape index (κ2) is 8.76. The molecule has 1 aromatic carbocycles. The van der Waals surface area contributed by atoms with Gasteiger partial charge in [0.15, 0.2) is 0 Å². The predicted octanol–water partition coefficient (Wildman–Crippen LogP) is 3.40. The van der Waals surface area contributed by atoms with Gasteiger partial charge in [-0.1, -0.05) is 30.7 Å². The fraction of sp³-hybridized carbons (Fsp3) is 0.458. The van der Waals surface area contributed by atoms with Gasteiger partial charge in [-0.25, -0.2) is 0 Å². The van der Waals surface area contributed by atoms with Crippen molar-refractivity contribution in [3.05, 3.63) is 54.4 Å². The Morgan fingerprint density at radius 1 is 1.10 bits per heavy atom. The zero-order valence-electron chi connectivity index (χ0n) is 17.1. The number of amides is 2. The number of hydrogen-bond acceptors (Lipinski definition) is 3. The molecule has 0 bridgehead atoms. The smallest absolute Gasteiger partial charge is 0.227 e. The summed E-state index contributed by atoms with van der Waals surface area (Å²) >= 11 is 0. The summed E-state index contributed by atoms with van der Waals surface area (Å²) in [5.41, 5.74) is 3.37. The molecule has 1 aliphatic heterocycles. The molecule has 2 aromatic rings. The van der Waals surface area contributed by atoms with Crippen molar-refractivity contribution in [2.24, 2.45) is 11.8 Å². The lowest BCUT2D eigenvalue weighted by atomic mass is 9.84. The molecule has 0 N–H and O–H groups in total. The van der Waals surface area contributed by atoms with Gasteiger partial charge >= 0.3 is 0 Å². The van der Waals surface area contributed by atoms with Crippen LogP contribution in [0.4, 0.5) is 0 Å². The highest BCUT2D eigenvalue weighted by Gasteiger charge is 2.35. The number of likely N-dealkylation sites (N-methyl/N-ethyl adjacent to an activating group) is 1. The SMILES string of the molecule is CCN1CCN(C(=O)C2CCC2)C[C@@H](Cc2cccc(-c3ccncc3)c2)C1=O. The first-order chi connectivity index (χ1) is 14.2. The Labute approximate surface area is 172 Å². The second-order valence-corrected chi connectivity index (χ2v) is 8.17. The van der Waals surface area contributed by atoms with Crippen molar-refractivity contribution in [1.29, 1.82) is 0 Å². The number of carbonyl (C=O) groups is 2. The first-order valence-corrected chi connectivity index (χ1v) is 10.7. The molecule has 0 radical (unpaired) electrons. The minimum absolute atomic E-state index is 0.172. The molecule has 2 aliphatic rings. The standard InChI is InChI=1S/C24H29N3O2/c1-2-26-13-14-27(23(28)20-6-4-7-20)17-22(24(26)29)16-18-5-3-8-21(15-18)19-9-11-25-12-10-19/h3,5,8-12,15,20,22H,2,4,6-7,13-14,16-17H2,1H3/t22-/m1/s1. The second-order valence-electron chi connectivity index (χ2n) is 8.17. The molecular weight excluding hydrogens is 362 g/mol. The molecule has 4 rings (SSSR count). The average molecular weight is 392 g/mol. The van der Waals surface area contributed by atoms with E-state index in [2.05, 4.69) is 23.2 Å². The Morgan fingerprint density at radius 3 is 2.59 bits per heavy atom. The Hall–Kier alpha value is -2.69. The number of aromatic nitrogens is 1. The van der Waals surface area contributed by atoms with Gasteiger partial charge in [-0.2, -0.15) is 0 Å². The van der Waals surface area contributed by atoms with Gasteiger partial charge in [-0.15, -0.1) is 0 Å². The van der Waals surface area contributed by atoms with Crippen molar-refractivity contribution >= 4 is 11.8 Å². The van der Waals surface area contributed by atoms with Crippen LogP contribution < -0.4 is 0 Å². The molecule has 1 saturated heterocycles. The Morgan fingerprint density at radius 2 is 1.90 bits per heavy atom. The summed E-state index contributed by atoms with van der Waals surface area (Å²) in [5, 5.41) is 0. The van der Waals surface area contributed by atoms with Crippen molar-refractivity contribution in [2.75, 3.05) is 26.2 Å². The number of carbonyl (C=O) groups excluding carboxylic acids is 2. The minimum Gasteiger partial charge on any atom is -0.341 e. The third kappa shape index (κ3) is 4.34. The van der Waals surface area contributed by atoms with Gasteiger partial charge in [0, 0.05) is 44.5 Å². The van der Waals surface area contributed by atoms with Crippen LogP contribution in [0.15, 0.2) is 48.8 Å². The van der Waals surface area contributed by atoms with Crippen molar-refractivity contribution < 1.29 is 9.59 Å². The largest absolute Gasteiger partial charge is 0.341 e. The molecular formula is C24H29N3O2. The lowest BCUT2D eigenvalue weighted by molar-refractivity contribution is -0.138. The van der Waals surface area contributed by atoms with Gasteiger partial charge in [0.25, 0.3) is 0 Å². The molecule has 0 unspecified atom stereocenters. The van der Waals surface area contributed by atoms with Crippen LogP contribution in [0.2, 0.25) is 0 Å². The molecule has 2 amide bonds. The van der Waals surface area contributed by atoms with Gasteiger partial charge in [-0.3, -0.25) is 14.6 Å². The molecule has 5 heteroatoms. The Kier molecular flexibility index (Phi) is 5.93. The van der Waals surface area contributed by atoms with Crippen LogP contribution in [0.1, 0.15) is 31.7 Å². The zero-order chi connectivity index (χ0) is 20.2. The summed E-state index contributed by atoms with van der Waals surface area (Å²) < 4.78 is 0. The summed E-state index contributed by atoms with van der Waals surface area (Å²) in [6, 6.07) is 12.3. The van der Waals surface area contributed by atoms with E-state index >= 15 is 0 Å². The highest BCUT2D eigenvalue weighted by atomic mass is 16.2. The molecule has 29 heavy (non-hydrogen) atoms. The maximum atomic E-state index is 13.1. The monoisotopic (exact) mass is 391 g/mol. The summed E-state index contributed by atoms with van der Waals surface area (Å²) in [6.07, 6.45) is 7.39. The van der Waals surface area contributed by atoms with Crippen molar-refractivity contribution in [1.82, 2.24) is 14.8 Å². The molecule has 0 spiro atoms. The normalized spacial score (nSPS) is 20.3. The maximum Gasteiger partial charge on any atom is 0.227 e. The number of pyridine rings is 1. The highest BCUT2D eigenvalue weighted by molar-refractivity contribution is 5.83. The van der Waals surface area contributed by atoms with E-state index in [1.54, 1.807) is 12.4 Å². The Balaban J connectivity index is 1.54. The summed E-state index contributed by atoms with van der Waals surface area (Å²) in [7, 11) is 0. The average Bonchev–Trinajstić information content (AvgIpc) is 2.86. The molecule has 1 aliphatic carbocycles. The van der Waals surface area contributed by atoms with Crippen LogP contribution in [0.25, 0.3) is 11.1 Å². The summed E-state index contributed by atoms with van der Waals surface area (Å²) in [5.74, 6) is 0.409. The quantitative estimate of drug-likeness (QED) is 0.785. The molecule has 5 nitrogen and oxygen atoms in total. The van der Waals surface area contributed by atoms with Crippen molar-refractivity contribution in [2.45, 2.75) is 32.6 Å².